The Morgan fingerprint density at radius 3 is 2.42 bits per heavy atom. The van der Waals surface area contributed by atoms with Crippen molar-refractivity contribution in [1.29, 1.82) is 0 Å². The molecule has 2 rings (SSSR count). The molecule has 0 spiro atoms. The minimum absolute atomic E-state index is 0.00565. The second-order valence-electron chi connectivity index (χ2n) is 7.50. The van der Waals surface area contributed by atoms with Crippen LogP contribution in [0.25, 0.3) is 0 Å². The van der Waals surface area contributed by atoms with Crippen LogP contribution in [0.5, 0.6) is 5.75 Å². The Kier molecular flexibility index (Phi) is 5.16. The minimum atomic E-state index is -0.270. The van der Waals surface area contributed by atoms with Gasteiger partial charge < -0.3 is 9.84 Å². The average molecular weight is 329 g/mol. The van der Waals surface area contributed by atoms with Crippen LogP contribution < -0.4 is 4.74 Å². The van der Waals surface area contributed by atoms with E-state index in [1.165, 1.54) is 6.21 Å². The van der Waals surface area contributed by atoms with Crippen LogP contribution in [0.15, 0.2) is 28.5 Å². The van der Waals surface area contributed by atoms with E-state index in [1.807, 2.05) is 40.7 Å². The third-order valence-corrected chi connectivity index (χ3v) is 4.29. The number of benzene rings is 1. The van der Waals surface area contributed by atoms with Crippen LogP contribution in [-0.2, 0) is 4.79 Å². The maximum Gasteiger partial charge on any atom is 0.168 e. The van der Waals surface area contributed by atoms with Crippen molar-refractivity contribution in [2.24, 2.45) is 4.99 Å². The molecular formula is C20H27NO3. The molecule has 1 aromatic rings. The summed E-state index contributed by atoms with van der Waals surface area (Å²) in [5, 5.41) is 10.4. The Balaban J connectivity index is 2.32. The van der Waals surface area contributed by atoms with Gasteiger partial charge in [0.15, 0.2) is 5.78 Å². The zero-order chi connectivity index (χ0) is 18.1. The van der Waals surface area contributed by atoms with Crippen LogP contribution >= 0.6 is 0 Å². The van der Waals surface area contributed by atoms with Crippen molar-refractivity contribution < 1.29 is 14.6 Å². The topological polar surface area (TPSA) is 58.9 Å². The quantitative estimate of drug-likeness (QED) is 0.834. The van der Waals surface area contributed by atoms with Gasteiger partial charge in [-0.2, -0.15) is 0 Å². The molecule has 1 aliphatic rings. The van der Waals surface area contributed by atoms with Gasteiger partial charge in [0.25, 0.3) is 0 Å². The molecule has 130 valence electrons. The number of aryl methyl sites for hydroxylation is 2. The molecule has 4 nitrogen and oxygen atoms in total. The Labute approximate surface area is 144 Å². The molecule has 0 saturated carbocycles. The second-order valence-corrected chi connectivity index (χ2v) is 7.50. The standard InChI is InChI=1S/C20H27NO3/c1-12-8-19(24-6)13(2)7-15(12)14-9-17(22)16(18(23)10-14)11-21-20(3,4)5/h7-8,11,14,22H,9-10H2,1-6H3. The summed E-state index contributed by atoms with van der Waals surface area (Å²) >= 11 is 0. The third-order valence-electron chi connectivity index (χ3n) is 4.29. The number of carbonyl (C=O) groups is 1. The van der Waals surface area contributed by atoms with E-state index in [0.29, 0.717) is 18.4 Å². The summed E-state index contributed by atoms with van der Waals surface area (Å²) in [7, 11) is 1.65. The summed E-state index contributed by atoms with van der Waals surface area (Å²) in [6.45, 7) is 9.88. The van der Waals surface area contributed by atoms with E-state index in [1.54, 1.807) is 7.11 Å². The highest BCUT2D eigenvalue weighted by Crippen LogP contribution is 2.37. The van der Waals surface area contributed by atoms with E-state index in [0.717, 1.165) is 22.4 Å². The van der Waals surface area contributed by atoms with Crippen LogP contribution in [0.4, 0.5) is 0 Å². The molecule has 1 atom stereocenters. The summed E-state index contributed by atoms with van der Waals surface area (Å²) in [5.74, 6) is 0.923. The third kappa shape index (κ3) is 4.05. The summed E-state index contributed by atoms with van der Waals surface area (Å²) in [5.41, 5.74) is 3.29. The number of ether oxygens (including phenoxy) is 1. The first kappa shape index (κ1) is 18.2. The van der Waals surface area contributed by atoms with E-state index < -0.39 is 0 Å². The largest absolute Gasteiger partial charge is 0.511 e. The number of carbonyl (C=O) groups excluding carboxylic acids is 1. The molecule has 1 aliphatic carbocycles. The number of hydrogen-bond acceptors (Lipinski definition) is 4. The van der Waals surface area contributed by atoms with E-state index >= 15 is 0 Å². The van der Waals surface area contributed by atoms with Gasteiger partial charge in [-0.15, -0.1) is 0 Å². The van der Waals surface area contributed by atoms with E-state index in [4.69, 9.17) is 4.74 Å². The number of aliphatic hydroxyl groups excluding tert-OH is 1. The molecule has 0 aliphatic heterocycles. The normalized spacial score (nSPS) is 19.2. The molecule has 0 saturated heterocycles. The Morgan fingerprint density at radius 2 is 1.88 bits per heavy atom. The number of allylic oxidation sites excluding steroid dienone is 2. The number of aliphatic hydroxyl groups is 1. The van der Waals surface area contributed by atoms with Gasteiger partial charge in [0.1, 0.15) is 11.5 Å². The van der Waals surface area contributed by atoms with E-state index in [2.05, 4.69) is 11.1 Å². The first-order valence-corrected chi connectivity index (χ1v) is 8.28. The number of rotatable bonds is 3. The molecule has 0 fully saturated rings. The zero-order valence-electron chi connectivity index (χ0n) is 15.4. The van der Waals surface area contributed by atoms with Gasteiger partial charge in [-0.3, -0.25) is 9.79 Å². The van der Waals surface area contributed by atoms with Gasteiger partial charge in [0, 0.05) is 19.1 Å². The number of ketones is 1. The fraction of sp³-hybridized carbons (Fsp3) is 0.500. The van der Waals surface area contributed by atoms with Gasteiger partial charge in [-0.1, -0.05) is 6.07 Å². The lowest BCUT2D eigenvalue weighted by atomic mass is 9.80. The molecule has 1 N–H and O–H groups in total. The maximum absolute atomic E-state index is 12.5. The number of methoxy groups -OCH3 is 1. The first-order chi connectivity index (χ1) is 11.1. The van der Waals surface area contributed by atoms with Gasteiger partial charge in [-0.05, 0) is 63.3 Å². The van der Waals surface area contributed by atoms with Crippen molar-refractivity contribution in [2.45, 2.75) is 58.9 Å². The van der Waals surface area contributed by atoms with Gasteiger partial charge in [0.05, 0.1) is 18.2 Å². The van der Waals surface area contributed by atoms with Crippen LogP contribution in [0.3, 0.4) is 0 Å². The van der Waals surface area contributed by atoms with Crippen molar-refractivity contribution in [3.63, 3.8) is 0 Å². The fourth-order valence-corrected chi connectivity index (χ4v) is 3.01. The molecule has 0 radical (unpaired) electrons. The molecular weight excluding hydrogens is 302 g/mol. The highest BCUT2D eigenvalue weighted by atomic mass is 16.5. The van der Waals surface area contributed by atoms with Crippen molar-refractivity contribution in [1.82, 2.24) is 0 Å². The Bertz CT molecular complexity index is 708. The maximum atomic E-state index is 12.5. The minimum Gasteiger partial charge on any atom is -0.511 e. The van der Waals surface area contributed by atoms with E-state index in [9.17, 15) is 9.90 Å². The van der Waals surface area contributed by atoms with Gasteiger partial charge >= 0.3 is 0 Å². The van der Waals surface area contributed by atoms with E-state index in [-0.39, 0.29) is 23.0 Å². The average Bonchev–Trinajstić information content (AvgIpc) is 2.47. The van der Waals surface area contributed by atoms with Crippen molar-refractivity contribution in [3.05, 3.63) is 40.2 Å². The lowest BCUT2D eigenvalue weighted by Crippen LogP contribution is -2.21. The van der Waals surface area contributed by atoms with Gasteiger partial charge in [-0.25, -0.2) is 0 Å². The number of hydrogen-bond donors (Lipinski definition) is 1. The van der Waals surface area contributed by atoms with Crippen LogP contribution in [0.2, 0.25) is 0 Å². The molecule has 0 aromatic heterocycles. The molecule has 4 heteroatoms. The Morgan fingerprint density at radius 1 is 1.21 bits per heavy atom. The predicted octanol–water partition coefficient (Wildman–Crippen LogP) is 4.44. The van der Waals surface area contributed by atoms with Crippen LogP contribution in [0.1, 0.15) is 56.2 Å². The summed E-state index contributed by atoms with van der Waals surface area (Å²) in [4.78, 5) is 16.8. The van der Waals surface area contributed by atoms with Crippen LogP contribution in [-0.4, -0.2) is 29.8 Å². The summed E-state index contributed by atoms with van der Waals surface area (Å²) in [6, 6.07) is 4.06. The first-order valence-electron chi connectivity index (χ1n) is 8.28. The molecule has 0 bridgehead atoms. The number of Topliss-reactive ketones (excluding diaryl/α,β-unsaturated/α-hetero) is 1. The van der Waals surface area contributed by atoms with Crippen LogP contribution in [0, 0.1) is 13.8 Å². The lowest BCUT2D eigenvalue weighted by Gasteiger charge is -2.25. The number of nitrogens with zero attached hydrogens (tertiary/aromatic N) is 1. The summed E-state index contributed by atoms with van der Waals surface area (Å²) < 4.78 is 5.35. The number of aliphatic imine (C=N–C) groups is 1. The van der Waals surface area contributed by atoms with Crippen molar-refractivity contribution in [3.8, 4) is 5.75 Å². The van der Waals surface area contributed by atoms with Gasteiger partial charge in [0.2, 0.25) is 0 Å². The van der Waals surface area contributed by atoms with Crippen molar-refractivity contribution >= 4 is 12.0 Å². The molecule has 0 heterocycles. The molecule has 1 unspecified atom stereocenters. The molecule has 0 amide bonds. The second kappa shape index (κ2) is 6.80. The monoisotopic (exact) mass is 329 g/mol. The highest BCUT2D eigenvalue weighted by molar-refractivity contribution is 6.14. The SMILES string of the molecule is COc1cc(C)c(C2CC(=O)C(C=NC(C)(C)C)=C(O)C2)cc1C. The smallest absolute Gasteiger partial charge is 0.168 e. The predicted molar refractivity (Wildman–Crippen MR) is 97.3 cm³/mol. The lowest BCUT2D eigenvalue weighted by molar-refractivity contribution is -0.116. The fourth-order valence-electron chi connectivity index (χ4n) is 3.01. The molecule has 24 heavy (non-hydrogen) atoms. The molecule has 1 aromatic carbocycles. The summed E-state index contributed by atoms with van der Waals surface area (Å²) in [6.07, 6.45) is 2.38. The highest BCUT2D eigenvalue weighted by Gasteiger charge is 2.29. The zero-order valence-corrected chi connectivity index (χ0v) is 15.4. The van der Waals surface area contributed by atoms with Crippen molar-refractivity contribution in [2.75, 3.05) is 7.11 Å². The Hall–Kier alpha value is -2.10.